The monoisotopic (exact) mass is 407 g/mol. The zero-order chi connectivity index (χ0) is 19.2. The van der Waals surface area contributed by atoms with Crippen LogP contribution in [0.4, 0.5) is 0 Å². The van der Waals surface area contributed by atoms with Gasteiger partial charge in [0.15, 0.2) is 0 Å². The van der Waals surface area contributed by atoms with Gasteiger partial charge in [-0.25, -0.2) is 5.43 Å². The number of furan rings is 1. The van der Waals surface area contributed by atoms with Crippen LogP contribution in [0.1, 0.15) is 31.4 Å². The Morgan fingerprint density at radius 3 is 2.85 bits per heavy atom. The zero-order valence-corrected chi connectivity index (χ0v) is 16.1. The number of nitrogens with zero attached hydrogens (tertiary/aromatic N) is 2. The minimum atomic E-state index is -0.335. The number of halogens is 2. The Labute approximate surface area is 167 Å². The first-order valence-corrected chi connectivity index (χ1v) is 9.43. The van der Waals surface area contributed by atoms with Crippen LogP contribution in [0.25, 0.3) is 11.3 Å². The second-order valence-electron chi connectivity index (χ2n) is 6.25. The molecule has 142 valence electrons. The molecule has 0 bridgehead atoms. The highest BCUT2D eigenvalue weighted by Crippen LogP contribution is 2.29. The lowest BCUT2D eigenvalue weighted by molar-refractivity contribution is -0.135. The van der Waals surface area contributed by atoms with E-state index in [1.165, 1.54) is 6.21 Å². The predicted molar refractivity (Wildman–Crippen MR) is 105 cm³/mol. The fourth-order valence-corrected chi connectivity index (χ4v) is 3.11. The number of likely N-dealkylation sites (tertiary alicyclic amines) is 1. The molecule has 2 amide bonds. The molecule has 1 fully saturated rings. The molecule has 0 radical (unpaired) electrons. The molecular weight excluding hydrogens is 389 g/mol. The van der Waals surface area contributed by atoms with E-state index in [2.05, 4.69) is 10.5 Å². The summed E-state index contributed by atoms with van der Waals surface area (Å²) in [6, 6.07) is 8.71. The molecule has 27 heavy (non-hydrogen) atoms. The topological polar surface area (TPSA) is 74.9 Å². The molecular formula is C19H19Cl2N3O3. The number of rotatable bonds is 5. The molecule has 1 saturated heterocycles. The van der Waals surface area contributed by atoms with E-state index in [4.69, 9.17) is 27.6 Å². The number of amides is 2. The summed E-state index contributed by atoms with van der Waals surface area (Å²) >= 11 is 11.9. The molecule has 0 saturated carbocycles. The normalized spacial score (nSPS) is 15.2. The fourth-order valence-electron chi connectivity index (χ4n) is 2.81. The number of nitrogens with one attached hydrogen (secondary N) is 1. The first kappa shape index (κ1) is 19.5. The maximum Gasteiger partial charge on any atom is 0.259 e. The molecule has 1 aromatic heterocycles. The maximum atomic E-state index is 12.0. The molecule has 2 heterocycles. The lowest BCUT2D eigenvalue weighted by Crippen LogP contribution is -2.39. The maximum absolute atomic E-state index is 12.0. The van der Waals surface area contributed by atoms with Crippen molar-refractivity contribution in [3.8, 4) is 11.3 Å². The summed E-state index contributed by atoms with van der Waals surface area (Å²) in [6.45, 7) is 0.629. The van der Waals surface area contributed by atoms with Gasteiger partial charge in [-0.15, -0.1) is 0 Å². The highest BCUT2D eigenvalue weighted by molar-refractivity contribution is 6.42. The van der Waals surface area contributed by atoms with Gasteiger partial charge in [-0.05, 0) is 43.2 Å². The second kappa shape index (κ2) is 9.06. The molecule has 0 atom stereocenters. The number of hydrogen-bond donors (Lipinski definition) is 1. The number of hydrogen-bond acceptors (Lipinski definition) is 4. The van der Waals surface area contributed by atoms with Crippen molar-refractivity contribution in [1.82, 2.24) is 10.3 Å². The number of benzene rings is 1. The third-order valence-corrected chi connectivity index (χ3v) is 4.96. The number of hydrazone groups is 1. The lowest BCUT2D eigenvalue weighted by atomic mass is 10.2. The van der Waals surface area contributed by atoms with E-state index >= 15 is 0 Å². The van der Waals surface area contributed by atoms with Crippen LogP contribution in [0.2, 0.25) is 10.0 Å². The molecule has 0 aliphatic carbocycles. The van der Waals surface area contributed by atoms with Crippen molar-refractivity contribution in [1.29, 1.82) is 0 Å². The first-order valence-electron chi connectivity index (χ1n) is 8.68. The third-order valence-electron chi connectivity index (χ3n) is 4.22. The summed E-state index contributed by atoms with van der Waals surface area (Å²) < 4.78 is 5.66. The Morgan fingerprint density at radius 1 is 1.19 bits per heavy atom. The van der Waals surface area contributed by atoms with E-state index < -0.39 is 0 Å². The molecule has 0 unspecified atom stereocenters. The van der Waals surface area contributed by atoms with Crippen molar-refractivity contribution in [2.45, 2.75) is 25.7 Å². The van der Waals surface area contributed by atoms with Crippen molar-refractivity contribution in [3.05, 3.63) is 46.1 Å². The van der Waals surface area contributed by atoms with Crippen LogP contribution in [0.3, 0.4) is 0 Å². The van der Waals surface area contributed by atoms with Crippen molar-refractivity contribution >= 4 is 41.2 Å². The molecule has 1 aromatic carbocycles. The fraction of sp³-hybridized carbons (Fsp3) is 0.316. The summed E-state index contributed by atoms with van der Waals surface area (Å²) in [4.78, 5) is 25.5. The SMILES string of the molecule is O=C(CN1CCCCCC1=O)N/N=C\c1ccc(-c2ccc(Cl)c(Cl)c2)o1. The molecule has 1 aliphatic rings. The summed E-state index contributed by atoms with van der Waals surface area (Å²) in [7, 11) is 0. The van der Waals surface area contributed by atoms with Gasteiger partial charge >= 0.3 is 0 Å². The van der Waals surface area contributed by atoms with Crippen LogP contribution >= 0.6 is 23.2 Å². The van der Waals surface area contributed by atoms with Crippen LogP contribution in [-0.4, -0.2) is 36.0 Å². The van der Waals surface area contributed by atoms with Crippen LogP contribution in [0.15, 0.2) is 39.9 Å². The molecule has 1 N–H and O–H groups in total. The molecule has 1 aliphatic heterocycles. The third kappa shape index (κ3) is 5.34. The second-order valence-corrected chi connectivity index (χ2v) is 7.06. The average molecular weight is 408 g/mol. The summed E-state index contributed by atoms with van der Waals surface area (Å²) in [5, 5.41) is 4.80. The average Bonchev–Trinajstić information content (AvgIpc) is 3.02. The van der Waals surface area contributed by atoms with E-state index in [1.54, 1.807) is 35.2 Å². The Kier molecular flexibility index (Phi) is 6.53. The summed E-state index contributed by atoms with van der Waals surface area (Å²) in [6.07, 6.45) is 4.73. The highest BCUT2D eigenvalue weighted by atomic mass is 35.5. The van der Waals surface area contributed by atoms with Crippen LogP contribution in [-0.2, 0) is 9.59 Å². The van der Waals surface area contributed by atoms with Gasteiger partial charge in [0.25, 0.3) is 5.91 Å². The highest BCUT2D eigenvalue weighted by Gasteiger charge is 2.18. The van der Waals surface area contributed by atoms with Gasteiger partial charge in [-0.2, -0.15) is 5.10 Å². The molecule has 0 spiro atoms. The predicted octanol–water partition coefficient (Wildman–Crippen LogP) is 4.11. The number of carbonyl (C=O) groups excluding carboxylic acids is 2. The molecule has 8 heteroatoms. The minimum Gasteiger partial charge on any atom is -0.455 e. The van der Waals surface area contributed by atoms with Gasteiger partial charge in [0.1, 0.15) is 18.1 Å². The Hall–Kier alpha value is -2.31. The minimum absolute atomic E-state index is 0.0167. The molecule has 2 aromatic rings. The van der Waals surface area contributed by atoms with Gasteiger partial charge in [0, 0.05) is 18.5 Å². The van der Waals surface area contributed by atoms with Crippen LogP contribution < -0.4 is 5.43 Å². The molecule has 6 nitrogen and oxygen atoms in total. The smallest absolute Gasteiger partial charge is 0.259 e. The van der Waals surface area contributed by atoms with Crippen LogP contribution in [0.5, 0.6) is 0 Å². The van der Waals surface area contributed by atoms with E-state index in [0.717, 1.165) is 24.8 Å². The van der Waals surface area contributed by atoms with Gasteiger partial charge < -0.3 is 9.32 Å². The van der Waals surface area contributed by atoms with E-state index in [0.29, 0.717) is 34.5 Å². The number of carbonyl (C=O) groups is 2. The van der Waals surface area contributed by atoms with Gasteiger partial charge in [-0.1, -0.05) is 29.6 Å². The van der Waals surface area contributed by atoms with Gasteiger partial charge in [0.2, 0.25) is 5.91 Å². The Morgan fingerprint density at radius 2 is 2.04 bits per heavy atom. The van der Waals surface area contributed by atoms with Crippen molar-refractivity contribution in [3.63, 3.8) is 0 Å². The Balaban J connectivity index is 1.55. The van der Waals surface area contributed by atoms with E-state index in [-0.39, 0.29) is 18.4 Å². The van der Waals surface area contributed by atoms with E-state index in [9.17, 15) is 9.59 Å². The van der Waals surface area contributed by atoms with Crippen molar-refractivity contribution in [2.24, 2.45) is 5.10 Å². The Bertz CT molecular complexity index is 864. The van der Waals surface area contributed by atoms with E-state index in [1.807, 2.05) is 0 Å². The largest absolute Gasteiger partial charge is 0.455 e. The standard InChI is InChI=1S/C19H19Cl2N3O3/c20-15-7-5-13(10-16(15)21)17-8-6-14(27-17)11-22-23-18(25)12-24-9-3-1-2-4-19(24)26/h5-8,10-11H,1-4,9,12H2,(H,23,25)/b22-11-. The van der Waals surface area contributed by atoms with Gasteiger partial charge in [-0.3, -0.25) is 9.59 Å². The van der Waals surface area contributed by atoms with Crippen LogP contribution in [0, 0.1) is 0 Å². The van der Waals surface area contributed by atoms with Gasteiger partial charge in [0.05, 0.1) is 16.3 Å². The summed E-state index contributed by atoms with van der Waals surface area (Å²) in [5.74, 6) is 0.764. The van der Waals surface area contributed by atoms with Crippen molar-refractivity contribution in [2.75, 3.05) is 13.1 Å². The van der Waals surface area contributed by atoms with Crippen molar-refractivity contribution < 1.29 is 14.0 Å². The zero-order valence-electron chi connectivity index (χ0n) is 14.6. The first-order chi connectivity index (χ1) is 13.0. The molecule has 3 rings (SSSR count). The summed E-state index contributed by atoms with van der Waals surface area (Å²) in [5.41, 5.74) is 3.21. The lowest BCUT2D eigenvalue weighted by Gasteiger charge is -2.18. The quantitative estimate of drug-likeness (QED) is 0.598.